The molecule has 9 aromatic rings. The minimum absolute atomic E-state index is 0.118. The molecule has 0 fully saturated rings. The Balaban J connectivity index is 1.01. The van der Waals surface area contributed by atoms with E-state index in [2.05, 4.69) is 81.2 Å². The molecule has 398 valence electrons. The number of aryl methyl sites for hydroxylation is 2. The summed E-state index contributed by atoms with van der Waals surface area (Å²) < 4.78 is 15.0. The Labute approximate surface area is 471 Å². The number of amides is 2. The first-order valence-electron chi connectivity index (χ1n) is 26.3. The molecule has 0 radical (unpaired) electrons. The van der Waals surface area contributed by atoms with Crippen LogP contribution < -0.4 is 19.1 Å². The predicted octanol–water partition coefficient (Wildman–Crippen LogP) is 15.0. The van der Waals surface area contributed by atoms with Gasteiger partial charge < -0.3 is 19.4 Å². The number of hydrogen-bond donors (Lipinski definition) is 2. The van der Waals surface area contributed by atoms with Gasteiger partial charge in [0.25, 0.3) is 0 Å². The molecule has 12 nitrogen and oxygen atoms in total. The summed E-state index contributed by atoms with van der Waals surface area (Å²) in [4.78, 5) is 57.3. The number of aromatic nitrogens is 6. The zero-order valence-corrected chi connectivity index (χ0v) is 47.0. The Kier molecular flexibility index (Phi) is 14.9. The number of nitrogens with zero attached hydrogens (tertiary/aromatic N) is 6. The van der Waals surface area contributed by atoms with Gasteiger partial charge in [0.05, 0.1) is 48.4 Å². The number of H-pyrrole nitrogens is 2. The van der Waals surface area contributed by atoms with E-state index in [9.17, 15) is 9.59 Å². The van der Waals surface area contributed by atoms with Crippen LogP contribution in [0.25, 0.3) is 90.4 Å². The second-order valence-electron chi connectivity index (χ2n) is 19.6. The zero-order chi connectivity index (χ0) is 55.6. The molecule has 8 bridgehead atoms. The molecule has 2 amide bonds. The maximum atomic E-state index is 14.3. The molecule has 2 aliphatic heterocycles. The van der Waals surface area contributed by atoms with Crippen LogP contribution in [0.5, 0.6) is 11.5 Å². The fourth-order valence-corrected chi connectivity index (χ4v) is 12.3. The van der Waals surface area contributed by atoms with E-state index in [1.165, 1.54) is 22.7 Å². The summed E-state index contributed by atoms with van der Waals surface area (Å²) in [5, 5.41) is 4.07. The van der Waals surface area contributed by atoms with Crippen molar-refractivity contribution in [3.8, 4) is 45.4 Å². The standard InChI is InChI=1S/C66H58N8O4S2/c1-9-49-39(3)53-33-54-41(5)51(29-31-63(75)71-65-73(45-21-25-47(77-7)26-22-45)61(37-79-65)43-17-13-11-14-18-43)59(69-54)36-60-52(42(6)56(70-60)35-58-50(10-2)40(4)55(68-58)34-57(49)67-53)30-32-64(76)72-66-74(46-23-27-48(78-8)28-24-46)62(38-80-66)44-19-15-12-16-20-44/h9-28,33-38,67-68H,1-2,29-32H2,3-8H3. The van der Waals surface area contributed by atoms with Crippen molar-refractivity contribution in [1.29, 1.82) is 0 Å². The molecule has 0 saturated heterocycles. The summed E-state index contributed by atoms with van der Waals surface area (Å²) >= 11 is 2.84. The number of nitrogens with one attached hydrogen (secondary N) is 2. The second kappa shape index (κ2) is 22.6. The monoisotopic (exact) mass is 1090 g/mol. The molecule has 0 aliphatic carbocycles. The zero-order valence-electron chi connectivity index (χ0n) is 45.4. The topological polar surface area (TPSA) is 145 Å². The van der Waals surface area contributed by atoms with E-state index in [4.69, 9.17) is 29.4 Å². The highest BCUT2D eigenvalue weighted by Gasteiger charge is 2.24. The quantitative estimate of drug-likeness (QED) is 0.111. The number of fused-ring (bicyclic) bond motifs is 8. The average molecular weight is 1090 g/mol. The summed E-state index contributed by atoms with van der Waals surface area (Å²) in [6.45, 7) is 16.7. The van der Waals surface area contributed by atoms with Crippen molar-refractivity contribution in [2.24, 2.45) is 9.98 Å². The Hall–Kier alpha value is -9.24. The number of methoxy groups -OCH3 is 2. The van der Waals surface area contributed by atoms with Crippen molar-refractivity contribution in [2.45, 2.75) is 53.4 Å². The smallest absolute Gasteiger partial charge is 0.248 e. The van der Waals surface area contributed by atoms with Gasteiger partial charge in [-0.15, -0.1) is 22.7 Å². The molecule has 7 heterocycles. The third-order valence-corrected chi connectivity index (χ3v) is 16.5. The maximum absolute atomic E-state index is 14.3. The number of thiazole rings is 2. The van der Waals surface area contributed by atoms with Gasteiger partial charge >= 0.3 is 0 Å². The van der Waals surface area contributed by atoms with Crippen molar-refractivity contribution in [3.63, 3.8) is 0 Å². The number of rotatable bonds is 14. The van der Waals surface area contributed by atoms with Crippen LogP contribution in [0.3, 0.4) is 0 Å². The molecule has 0 atom stereocenters. The third-order valence-electron chi connectivity index (χ3n) is 14.9. The van der Waals surface area contributed by atoms with Crippen molar-refractivity contribution < 1.29 is 19.1 Å². The van der Waals surface area contributed by atoms with Crippen LogP contribution in [0, 0.1) is 13.8 Å². The first kappa shape index (κ1) is 52.8. The van der Waals surface area contributed by atoms with Gasteiger partial charge in [0.1, 0.15) is 11.5 Å². The highest BCUT2D eigenvalue weighted by atomic mass is 32.1. The lowest BCUT2D eigenvalue weighted by molar-refractivity contribution is -0.118. The summed E-state index contributed by atoms with van der Waals surface area (Å²) in [6.07, 6.45) is 4.70. The number of carbonyl (C=O) groups is 2. The van der Waals surface area contributed by atoms with Crippen LogP contribution in [0.15, 0.2) is 167 Å². The van der Waals surface area contributed by atoms with Gasteiger partial charge in [-0.2, -0.15) is 9.98 Å². The summed E-state index contributed by atoms with van der Waals surface area (Å²) in [5.41, 5.74) is 19.7. The number of ether oxygens (including phenoxy) is 2. The Morgan fingerprint density at radius 3 is 1.35 bits per heavy atom. The van der Waals surface area contributed by atoms with E-state index < -0.39 is 0 Å². The van der Waals surface area contributed by atoms with Gasteiger partial charge in [0, 0.05) is 68.2 Å². The van der Waals surface area contributed by atoms with E-state index in [1.54, 1.807) is 14.2 Å². The first-order chi connectivity index (χ1) is 38.9. The van der Waals surface area contributed by atoms with E-state index in [1.807, 2.05) is 135 Å². The lowest BCUT2D eigenvalue weighted by Crippen LogP contribution is -2.16. The number of carbonyl (C=O) groups excluding carboxylic acids is 2. The summed E-state index contributed by atoms with van der Waals surface area (Å²) in [7, 11) is 3.28. The Morgan fingerprint density at radius 1 is 0.537 bits per heavy atom. The van der Waals surface area contributed by atoms with Gasteiger partial charge in [0.15, 0.2) is 9.60 Å². The van der Waals surface area contributed by atoms with Crippen molar-refractivity contribution in [2.75, 3.05) is 14.2 Å². The van der Waals surface area contributed by atoms with Crippen LogP contribution in [0.2, 0.25) is 0 Å². The van der Waals surface area contributed by atoms with Crippen LogP contribution >= 0.6 is 22.7 Å². The number of benzene rings is 4. The summed E-state index contributed by atoms with van der Waals surface area (Å²) in [6, 6.07) is 43.9. The van der Waals surface area contributed by atoms with E-state index in [-0.39, 0.29) is 24.7 Å². The first-order valence-corrected chi connectivity index (χ1v) is 28.1. The lowest BCUT2D eigenvalue weighted by Gasteiger charge is -2.10. The molecule has 0 unspecified atom stereocenters. The van der Waals surface area contributed by atoms with Gasteiger partial charge in [-0.3, -0.25) is 18.7 Å². The second-order valence-corrected chi connectivity index (χ2v) is 21.2. The van der Waals surface area contributed by atoms with Crippen LogP contribution in [-0.2, 0) is 9.59 Å². The van der Waals surface area contributed by atoms with Gasteiger partial charge in [-0.1, -0.05) is 86.0 Å². The van der Waals surface area contributed by atoms with E-state index in [0.29, 0.717) is 33.8 Å². The minimum Gasteiger partial charge on any atom is -0.497 e. The highest BCUT2D eigenvalue weighted by molar-refractivity contribution is 7.07. The van der Waals surface area contributed by atoms with Crippen molar-refractivity contribution in [3.05, 3.63) is 212 Å². The molecule has 5 aromatic heterocycles. The van der Waals surface area contributed by atoms with Crippen molar-refractivity contribution in [1.82, 2.24) is 29.1 Å². The van der Waals surface area contributed by atoms with E-state index >= 15 is 0 Å². The molecule has 2 aliphatic rings. The average Bonchev–Trinajstić information content (AvgIpc) is 4.35. The number of hydrogen-bond acceptors (Lipinski definition) is 8. The third kappa shape index (κ3) is 10.3. The molecule has 0 spiro atoms. The maximum Gasteiger partial charge on any atom is 0.248 e. The Morgan fingerprint density at radius 2 is 0.938 bits per heavy atom. The fraction of sp³-hybridized carbons (Fsp3) is 0.152. The molecular weight excluding hydrogens is 1030 g/mol. The predicted molar refractivity (Wildman–Crippen MR) is 327 cm³/mol. The fourth-order valence-electron chi connectivity index (χ4n) is 10.5. The van der Waals surface area contributed by atoms with Crippen molar-refractivity contribution >= 4 is 91.0 Å². The van der Waals surface area contributed by atoms with Crippen LogP contribution in [0.4, 0.5) is 0 Å². The SMILES string of the molecule is C=Cc1c(C)c2cc3[nH]c(cc4nc(cc5nc(cc1[nH]2)C(C)=C5CCC(=O)N=c1scc(-c2ccccc2)n1-c1ccc(OC)cc1)C(CCC(=O)N=c1scc(-c2ccccc2)n1-c1ccc(OC)cc1)=C4C)c(C)c3C=C. The molecular formula is C66H58N8O4S2. The Bertz CT molecular complexity index is 4320. The minimum atomic E-state index is -0.269. The largest absolute Gasteiger partial charge is 0.497 e. The molecule has 2 N–H and O–H groups in total. The molecule has 80 heavy (non-hydrogen) atoms. The normalized spacial score (nSPS) is 12.8. The number of allylic oxidation sites excluding steroid dienone is 4. The van der Waals surface area contributed by atoms with Crippen LogP contribution in [-0.4, -0.2) is 55.1 Å². The summed E-state index contributed by atoms with van der Waals surface area (Å²) in [5.74, 6) is 0.922. The van der Waals surface area contributed by atoms with Gasteiger partial charge in [0.2, 0.25) is 11.8 Å². The van der Waals surface area contributed by atoms with Gasteiger partial charge in [-0.25, -0.2) is 9.97 Å². The van der Waals surface area contributed by atoms with Gasteiger partial charge in [-0.05, 0) is 158 Å². The lowest BCUT2D eigenvalue weighted by atomic mass is 9.98. The molecule has 14 heteroatoms. The highest BCUT2D eigenvalue weighted by Crippen LogP contribution is 2.39. The molecule has 0 saturated carbocycles. The van der Waals surface area contributed by atoms with E-state index in [0.717, 1.165) is 123 Å². The van der Waals surface area contributed by atoms with Crippen LogP contribution in [0.1, 0.15) is 84.6 Å². The molecule has 4 aromatic carbocycles. The molecule has 11 rings (SSSR count). The number of aromatic amines is 2.